The van der Waals surface area contributed by atoms with Crippen molar-refractivity contribution in [2.75, 3.05) is 0 Å². The molecule has 0 aliphatic carbocycles. The molecule has 0 saturated carbocycles. The highest BCUT2D eigenvalue weighted by Crippen LogP contribution is 2.46. The average molecular weight is 311 g/mol. The third-order valence-corrected chi connectivity index (χ3v) is 4.41. The van der Waals surface area contributed by atoms with Crippen molar-refractivity contribution in [2.45, 2.75) is 27.7 Å². The first kappa shape index (κ1) is 15.0. The van der Waals surface area contributed by atoms with Crippen LogP contribution in [0.2, 0.25) is 10.0 Å². The number of hydrogen-bond acceptors (Lipinski definition) is 2. The molecule has 106 valence electrons. The Bertz CT molecular complexity index is 645. The Kier molecular flexibility index (Phi) is 3.90. The zero-order valence-corrected chi connectivity index (χ0v) is 13.3. The van der Waals surface area contributed by atoms with Gasteiger partial charge >= 0.3 is 0 Å². The van der Waals surface area contributed by atoms with Gasteiger partial charge in [-0.25, -0.2) is 0 Å². The molecule has 0 radical (unpaired) electrons. The summed E-state index contributed by atoms with van der Waals surface area (Å²) in [5, 5.41) is 21.8. The maximum absolute atomic E-state index is 10.4. The minimum Gasteiger partial charge on any atom is -0.507 e. The van der Waals surface area contributed by atoms with Gasteiger partial charge in [0.25, 0.3) is 0 Å². The van der Waals surface area contributed by atoms with Gasteiger partial charge in [0.1, 0.15) is 11.5 Å². The number of phenols is 2. The van der Waals surface area contributed by atoms with Crippen LogP contribution in [-0.4, -0.2) is 10.2 Å². The number of benzene rings is 2. The van der Waals surface area contributed by atoms with E-state index in [-0.39, 0.29) is 11.5 Å². The Morgan fingerprint density at radius 1 is 0.700 bits per heavy atom. The second-order valence-corrected chi connectivity index (χ2v) is 5.86. The molecule has 0 aliphatic rings. The van der Waals surface area contributed by atoms with Crippen LogP contribution >= 0.6 is 23.2 Å². The summed E-state index contributed by atoms with van der Waals surface area (Å²) in [4.78, 5) is 0. The molecule has 0 heterocycles. The number of phenolic OH excluding ortho intramolecular Hbond substituents is 2. The zero-order valence-electron chi connectivity index (χ0n) is 11.8. The van der Waals surface area contributed by atoms with Gasteiger partial charge in [-0.1, -0.05) is 23.2 Å². The number of aryl methyl sites for hydroxylation is 2. The van der Waals surface area contributed by atoms with Crippen LogP contribution in [0.5, 0.6) is 11.5 Å². The van der Waals surface area contributed by atoms with E-state index in [1.165, 1.54) is 0 Å². The summed E-state index contributed by atoms with van der Waals surface area (Å²) in [6.07, 6.45) is 0. The van der Waals surface area contributed by atoms with Crippen LogP contribution in [0.4, 0.5) is 0 Å². The van der Waals surface area contributed by atoms with E-state index in [9.17, 15) is 10.2 Å². The molecular formula is C16H16Cl2O2. The van der Waals surface area contributed by atoms with Gasteiger partial charge in [-0.05, 0) is 51.0 Å². The van der Waals surface area contributed by atoms with E-state index >= 15 is 0 Å². The van der Waals surface area contributed by atoms with Gasteiger partial charge in [0, 0.05) is 32.3 Å². The van der Waals surface area contributed by atoms with Crippen molar-refractivity contribution in [1.82, 2.24) is 0 Å². The summed E-state index contributed by atoms with van der Waals surface area (Å²) in [7, 11) is 0. The van der Waals surface area contributed by atoms with Gasteiger partial charge in [0.2, 0.25) is 0 Å². The lowest BCUT2D eigenvalue weighted by Crippen LogP contribution is -1.94. The highest BCUT2D eigenvalue weighted by molar-refractivity contribution is 6.32. The smallest absolute Gasteiger partial charge is 0.128 e. The standard InChI is InChI=1S/C16H16Cl2O2/c1-7-5-11(17)9(3)15(19)13(7)14-8(2)6-12(18)10(4)16(14)20/h5-6,19-20H,1-4H3. The van der Waals surface area contributed by atoms with E-state index in [4.69, 9.17) is 23.2 Å². The lowest BCUT2D eigenvalue weighted by molar-refractivity contribution is 0.464. The molecule has 0 fully saturated rings. The van der Waals surface area contributed by atoms with E-state index in [1.807, 2.05) is 13.8 Å². The lowest BCUT2D eigenvalue weighted by Gasteiger charge is -2.18. The van der Waals surface area contributed by atoms with Gasteiger partial charge in [-0.3, -0.25) is 0 Å². The predicted octanol–water partition coefficient (Wildman–Crippen LogP) is 5.31. The van der Waals surface area contributed by atoms with Crippen molar-refractivity contribution in [1.29, 1.82) is 0 Å². The largest absolute Gasteiger partial charge is 0.507 e. The van der Waals surface area contributed by atoms with Crippen molar-refractivity contribution in [3.63, 3.8) is 0 Å². The molecule has 0 bridgehead atoms. The van der Waals surface area contributed by atoms with Crippen molar-refractivity contribution in [2.24, 2.45) is 0 Å². The molecule has 2 N–H and O–H groups in total. The van der Waals surface area contributed by atoms with E-state index in [1.54, 1.807) is 26.0 Å². The minimum atomic E-state index is 0.0927. The molecule has 0 aromatic heterocycles. The maximum atomic E-state index is 10.4. The van der Waals surface area contributed by atoms with Crippen LogP contribution in [0, 0.1) is 27.7 Å². The second-order valence-electron chi connectivity index (χ2n) is 5.05. The first-order valence-electron chi connectivity index (χ1n) is 6.23. The Morgan fingerprint density at radius 2 is 1.00 bits per heavy atom. The molecule has 0 unspecified atom stereocenters. The first-order chi connectivity index (χ1) is 9.25. The molecule has 20 heavy (non-hydrogen) atoms. The first-order valence-corrected chi connectivity index (χ1v) is 6.99. The lowest BCUT2D eigenvalue weighted by atomic mass is 9.91. The average Bonchev–Trinajstić information content (AvgIpc) is 2.37. The van der Waals surface area contributed by atoms with E-state index < -0.39 is 0 Å². The van der Waals surface area contributed by atoms with Crippen LogP contribution < -0.4 is 0 Å². The summed E-state index contributed by atoms with van der Waals surface area (Å²) >= 11 is 12.1. The fourth-order valence-corrected chi connectivity index (χ4v) is 2.85. The van der Waals surface area contributed by atoms with Gasteiger partial charge in [0.15, 0.2) is 0 Å². The Balaban J connectivity index is 2.90. The monoisotopic (exact) mass is 310 g/mol. The zero-order chi connectivity index (χ0) is 15.2. The van der Waals surface area contributed by atoms with Gasteiger partial charge < -0.3 is 10.2 Å². The molecule has 0 saturated heterocycles. The van der Waals surface area contributed by atoms with Crippen molar-refractivity contribution >= 4 is 23.2 Å². The Morgan fingerprint density at radius 3 is 1.30 bits per heavy atom. The Hall–Kier alpha value is -1.38. The number of halogens is 2. The molecule has 0 atom stereocenters. The minimum absolute atomic E-state index is 0.0927. The second kappa shape index (κ2) is 5.19. The molecule has 0 spiro atoms. The Labute approximate surface area is 128 Å². The molecule has 0 aliphatic heterocycles. The van der Waals surface area contributed by atoms with Crippen molar-refractivity contribution < 1.29 is 10.2 Å². The predicted molar refractivity (Wildman–Crippen MR) is 84.2 cm³/mol. The highest BCUT2D eigenvalue weighted by atomic mass is 35.5. The third kappa shape index (κ3) is 2.23. The molecular weight excluding hydrogens is 295 g/mol. The molecule has 2 nitrogen and oxygen atoms in total. The van der Waals surface area contributed by atoms with Crippen molar-refractivity contribution in [3.8, 4) is 22.6 Å². The summed E-state index contributed by atoms with van der Waals surface area (Å²) in [6, 6.07) is 3.57. The number of aromatic hydroxyl groups is 2. The van der Waals surface area contributed by atoms with Crippen LogP contribution in [0.25, 0.3) is 11.1 Å². The van der Waals surface area contributed by atoms with E-state index in [0.29, 0.717) is 32.3 Å². The van der Waals surface area contributed by atoms with Gasteiger partial charge in [-0.15, -0.1) is 0 Å². The van der Waals surface area contributed by atoms with Crippen LogP contribution in [0.3, 0.4) is 0 Å². The molecule has 2 aromatic rings. The highest BCUT2D eigenvalue weighted by Gasteiger charge is 2.20. The fourth-order valence-electron chi connectivity index (χ4n) is 2.35. The quantitative estimate of drug-likeness (QED) is 0.749. The van der Waals surface area contributed by atoms with E-state index in [0.717, 1.165) is 11.1 Å². The topological polar surface area (TPSA) is 40.5 Å². The summed E-state index contributed by atoms with van der Waals surface area (Å²) in [5.74, 6) is 0.185. The fraction of sp³-hybridized carbons (Fsp3) is 0.250. The summed E-state index contributed by atoms with van der Waals surface area (Å²) < 4.78 is 0. The molecule has 0 amide bonds. The van der Waals surface area contributed by atoms with Crippen LogP contribution in [0.15, 0.2) is 12.1 Å². The van der Waals surface area contributed by atoms with Crippen LogP contribution in [0.1, 0.15) is 22.3 Å². The van der Waals surface area contributed by atoms with Crippen LogP contribution in [-0.2, 0) is 0 Å². The van der Waals surface area contributed by atoms with Gasteiger partial charge in [-0.2, -0.15) is 0 Å². The molecule has 4 heteroatoms. The SMILES string of the molecule is Cc1cc(Cl)c(C)c(O)c1-c1c(C)cc(Cl)c(C)c1O. The molecule has 2 rings (SSSR count). The molecule has 2 aromatic carbocycles. The number of rotatable bonds is 1. The normalized spacial score (nSPS) is 10.9. The van der Waals surface area contributed by atoms with Crippen molar-refractivity contribution in [3.05, 3.63) is 44.4 Å². The number of hydrogen-bond donors (Lipinski definition) is 2. The summed E-state index contributed by atoms with van der Waals surface area (Å²) in [5.41, 5.74) is 4.00. The van der Waals surface area contributed by atoms with E-state index in [2.05, 4.69) is 0 Å². The third-order valence-electron chi connectivity index (χ3n) is 3.63. The van der Waals surface area contributed by atoms with Gasteiger partial charge in [0.05, 0.1) is 0 Å². The maximum Gasteiger partial charge on any atom is 0.128 e. The summed E-state index contributed by atoms with van der Waals surface area (Å²) in [6.45, 7) is 7.19.